The zero-order valence-electron chi connectivity index (χ0n) is 17.7. The predicted molar refractivity (Wildman–Crippen MR) is 128 cm³/mol. The summed E-state index contributed by atoms with van der Waals surface area (Å²) in [6.45, 7) is 3.66. The van der Waals surface area contributed by atoms with E-state index in [2.05, 4.69) is 5.32 Å². The Hall–Kier alpha value is -2.07. The third kappa shape index (κ3) is 4.32. The van der Waals surface area contributed by atoms with Crippen LogP contribution in [0.1, 0.15) is 34.6 Å². The molecule has 0 fully saturated rings. The first-order valence-electron chi connectivity index (χ1n) is 10.0. The molecular formula is C22H25N3O3S3. The van der Waals surface area contributed by atoms with E-state index in [4.69, 9.17) is 0 Å². The average Bonchev–Trinajstić information content (AvgIpc) is 3.41. The number of amides is 1. The fourth-order valence-corrected chi connectivity index (χ4v) is 7.26. The van der Waals surface area contributed by atoms with Crippen LogP contribution >= 0.6 is 23.1 Å². The molecular weight excluding hydrogens is 450 g/mol. The summed E-state index contributed by atoms with van der Waals surface area (Å²) in [4.78, 5) is 14.8. The topological polar surface area (TPSA) is 71.4 Å². The number of nitrogens with one attached hydrogen (secondary N) is 1. The second kappa shape index (κ2) is 8.82. The lowest BCUT2D eigenvalue weighted by atomic mass is 10.1. The smallest absolute Gasteiger partial charge is 0.258 e. The molecule has 9 heteroatoms. The van der Waals surface area contributed by atoms with E-state index in [0.717, 1.165) is 28.5 Å². The lowest BCUT2D eigenvalue weighted by Crippen LogP contribution is -2.33. The number of fused-ring (bicyclic) bond motifs is 1. The van der Waals surface area contributed by atoms with Crippen LogP contribution in [0.4, 0.5) is 5.69 Å². The van der Waals surface area contributed by atoms with Crippen molar-refractivity contribution in [1.29, 1.82) is 0 Å². The van der Waals surface area contributed by atoms with E-state index in [1.54, 1.807) is 30.5 Å². The van der Waals surface area contributed by atoms with Gasteiger partial charge in [-0.05, 0) is 68.0 Å². The van der Waals surface area contributed by atoms with Crippen LogP contribution in [0.5, 0.6) is 0 Å². The van der Waals surface area contributed by atoms with E-state index in [9.17, 15) is 13.2 Å². The minimum absolute atomic E-state index is 0.139. The largest absolute Gasteiger partial charge is 0.322 e. The predicted octanol–water partition coefficient (Wildman–Crippen LogP) is 4.61. The molecule has 1 aromatic carbocycles. The lowest BCUT2D eigenvalue weighted by Gasteiger charge is -2.21. The van der Waals surface area contributed by atoms with Gasteiger partial charge < -0.3 is 9.88 Å². The van der Waals surface area contributed by atoms with Gasteiger partial charge in [0.1, 0.15) is 5.00 Å². The van der Waals surface area contributed by atoms with Crippen LogP contribution < -0.4 is 5.32 Å². The first kappa shape index (κ1) is 22.1. The minimum atomic E-state index is -3.56. The summed E-state index contributed by atoms with van der Waals surface area (Å²) in [6, 6.07) is 10.1. The van der Waals surface area contributed by atoms with E-state index in [1.165, 1.54) is 21.3 Å². The number of thiophene rings is 1. The highest BCUT2D eigenvalue weighted by Gasteiger charge is 2.27. The number of sulfonamides is 1. The van der Waals surface area contributed by atoms with Gasteiger partial charge in [-0.2, -0.15) is 16.1 Å². The van der Waals surface area contributed by atoms with Crippen molar-refractivity contribution in [2.75, 3.05) is 18.1 Å². The van der Waals surface area contributed by atoms with Crippen LogP contribution in [-0.4, -0.2) is 42.0 Å². The maximum atomic E-state index is 13.3. The van der Waals surface area contributed by atoms with Crippen LogP contribution in [0.25, 0.3) is 5.00 Å². The van der Waals surface area contributed by atoms with Crippen molar-refractivity contribution >= 4 is 44.7 Å². The summed E-state index contributed by atoms with van der Waals surface area (Å²) in [5.74, 6) is 1.77. The van der Waals surface area contributed by atoms with E-state index in [-0.39, 0.29) is 16.8 Å². The van der Waals surface area contributed by atoms with Gasteiger partial charge in [0.2, 0.25) is 10.0 Å². The van der Waals surface area contributed by atoms with Crippen LogP contribution in [0.3, 0.4) is 0 Å². The van der Waals surface area contributed by atoms with Gasteiger partial charge in [-0.25, -0.2) is 8.42 Å². The molecule has 0 unspecified atom stereocenters. The Balaban J connectivity index is 1.62. The maximum Gasteiger partial charge on any atom is 0.258 e. The summed E-state index contributed by atoms with van der Waals surface area (Å²) in [5, 5.41) is 3.89. The monoisotopic (exact) mass is 475 g/mol. The summed E-state index contributed by atoms with van der Waals surface area (Å²) < 4.78 is 28.7. The minimum Gasteiger partial charge on any atom is -0.322 e. The Morgan fingerprint density at radius 1 is 1.16 bits per heavy atom. The zero-order valence-corrected chi connectivity index (χ0v) is 20.1. The highest BCUT2D eigenvalue weighted by Crippen LogP contribution is 2.38. The van der Waals surface area contributed by atoms with E-state index < -0.39 is 10.0 Å². The van der Waals surface area contributed by atoms with Crippen LogP contribution in [-0.2, 0) is 22.2 Å². The summed E-state index contributed by atoms with van der Waals surface area (Å²) >= 11 is 3.56. The molecule has 164 valence electrons. The number of nitrogens with zero attached hydrogens (tertiary/aromatic N) is 2. The zero-order chi connectivity index (χ0) is 22.2. The lowest BCUT2D eigenvalue weighted by molar-refractivity contribution is 0.102. The number of anilines is 1. The van der Waals surface area contributed by atoms with Gasteiger partial charge in [-0.15, -0.1) is 11.3 Å². The van der Waals surface area contributed by atoms with Gasteiger partial charge in [-0.3, -0.25) is 4.79 Å². The van der Waals surface area contributed by atoms with E-state index >= 15 is 0 Å². The molecule has 1 N–H and O–H groups in total. The number of thioether (sulfide) groups is 1. The molecule has 4 rings (SSSR count). The standard InChI is InChI=1S/C22H25N3O3S3/c1-15(2)24(3)31(27,28)17-8-6-16(7-9-17)23-21(26)20-18-10-13-29-14-19(18)30-22(20)25-11-4-5-12-25/h4-9,11-12,15H,10,13-14H2,1-3H3,(H,23,26). The summed E-state index contributed by atoms with van der Waals surface area (Å²) in [5.41, 5.74) is 2.41. The van der Waals surface area contributed by atoms with E-state index in [0.29, 0.717) is 11.3 Å². The van der Waals surface area contributed by atoms with Gasteiger partial charge in [-0.1, -0.05) is 0 Å². The molecule has 3 heterocycles. The Labute approximate surface area is 191 Å². The molecule has 0 saturated heterocycles. The molecule has 1 amide bonds. The van der Waals surface area contributed by atoms with Crippen molar-refractivity contribution in [3.63, 3.8) is 0 Å². The molecule has 0 saturated carbocycles. The number of benzene rings is 1. The second-order valence-corrected chi connectivity index (χ2v) is 11.9. The number of carbonyl (C=O) groups excluding carboxylic acids is 1. The van der Waals surface area contributed by atoms with Crippen LogP contribution in [0, 0.1) is 0 Å². The van der Waals surface area contributed by atoms with Gasteiger partial charge in [0, 0.05) is 41.8 Å². The Kier molecular flexibility index (Phi) is 6.30. The second-order valence-electron chi connectivity index (χ2n) is 7.67. The first-order chi connectivity index (χ1) is 14.8. The SMILES string of the molecule is CC(C)N(C)S(=O)(=O)c1ccc(NC(=O)c2c(-n3cccc3)sc3c2CCSC3)cc1. The normalized spacial score (nSPS) is 14.1. The van der Waals surface area contributed by atoms with Gasteiger partial charge in [0.15, 0.2) is 0 Å². The number of carbonyl (C=O) groups is 1. The van der Waals surface area contributed by atoms with Gasteiger partial charge >= 0.3 is 0 Å². The molecule has 31 heavy (non-hydrogen) atoms. The third-order valence-corrected chi connectivity index (χ3v) is 9.85. The van der Waals surface area contributed by atoms with Crippen molar-refractivity contribution in [2.24, 2.45) is 0 Å². The maximum absolute atomic E-state index is 13.3. The fraction of sp³-hybridized carbons (Fsp3) is 0.318. The summed E-state index contributed by atoms with van der Waals surface area (Å²) in [7, 11) is -1.99. The van der Waals surface area contributed by atoms with Crippen molar-refractivity contribution < 1.29 is 13.2 Å². The molecule has 2 aromatic heterocycles. The van der Waals surface area contributed by atoms with Crippen molar-refractivity contribution in [2.45, 2.75) is 37.0 Å². The van der Waals surface area contributed by atoms with Gasteiger partial charge in [0.05, 0.1) is 10.5 Å². The molecule has 0 bridgehead atoms. The molecule has 1 aliphatic heterocycles. The molecule has 3 aromatic rings. The van der Waals surface area contributed by atoms with Crippen molar-refractivity contribution in [3.8, 4) is 5.00 Å². The highest BCUT2D eigenvalue weighted by atomic mass is 32.2. The first-order valence-corrected chi connectivity index (χ1v) is 13.4. The molecule has 0 aliphatic carbocycles. The van der Waals surface area contributed by atoms with Crippen LogP contribution in [0.2, 0.25) is 0 Å². The average molecular weight is 476 g/mol. The quantitative estimate of drug-likeness (QED) is 0.565. The number of rotatable bonds is 6. The molecule has 0 radical (unpaired) electrons. The molecule has 1 aliphatic rings. The van der Waals surface area contributed by atoms with Crippen LogP contribution in [0.15, 0.2) is 53.7 Å². The number of hydrogen-bond donors (Lipinski definition) is 1. The third-order valence-electron chi connectivity index (χ3n) is 5.38. The number of hydrogen-bond acceptors (Lipinski definition) is 5. The number of aromatic nitrogens is 1. The fourth-order valence-electron chi connectivity index (χ4n) is 3.45. The van der Waals surface area contributed by atoms with Crippen molar-refractivity contribution in [3.05, 3.63) is 64.8 Å². The molecule has 0 atom stereocenters. The molecule has 6 nitrogen and oxygen atoms in total. The highest BCUT2D eigenvalue weighted by molar-refractivity contribution is 7.98. The van der Waals surface area contributed by atoms with Crippen molar-refractivity contribution in [1.82, 2.24) is 8.87 Å². The molecule has 0 spiro atoms. The summed E-state index contributed by atoms with van der Waals surface area (Å²) in [6.07, 6.45) is 4.78. The van der Waals surface area contributed by atoms with E-state index in [1.807, 2.05) is 54.7 Å². The van der Waals surface area contributed by atoms with Gasteiger partial charge in [0.25, 0.3) is 5.91 Å². The Morgan fingerprint density at radius 2 is 1.84 bits per heavy atom. The Bertz CT molecular complexity index is 1180. The Morgan fingerprint density at radius 3 is 2.48 bits per heavy atom.